The lowest BCUT2D eigenvalue weighted by Gasteiger charge is -2.27. The minimum atomic E-state index is -1.29. The zero-order valence-electron chi connectivity index (χ0n) is 18.0. The molecule has 168 valence electrons. The van der Waals surface area contributed by atoms with E-state index in [0.717, 1.165) is 15.3 Å². The molecule has 0 radical (unpaired) electrons. The summed E-state index contributed by atoms with van der Waals surface area (Å²) in [4.78, 5) is 52.8. The van der Waals surface area contributed by atoms with Gasteiger partial charge in [-0.15, -0.1) is 11.3 Å². The van der Waals surface area contributed by atoms with Gasteiger partial charge in [0.05, 0.1) is 18.0 Å². The predicted molar refractivity (Wildman–Crippen MR) is 125 cm³/mol. The maximum absolute atomic E-state index is 13.6. The molecule has 1 aliphatic rings. The number of benzene rings is 2. The summed E-state index contributed by atoms with van der Waals surface area (Å²) in [5.74, 6) is -0.946. The van der Waals surface area contributed by atoms with Crippen LogP contribution in [-0.4, -0.2) is 35.1 Å². The third kappa shape index (κ3) is 4.70. The first-order chi connectivity index (χ1) is 15.9. The van der Waals surface area contributed by atoms with Gasteiger partial charge >= 0.3 is 6.03 Å². The van der Waals surface area contributed by atoms with Crippen LogP contribution in [0.4, 0.5) is 4.79 Å². The lowest BCUT2D eigenvalue weighted by atomic mass is 9.83. The van der Waals surface area contributed by atoms with Crippen LogP contribution in [0.25, 0.3) is 0 Å². The molecule has 1 aromatic heterocycles. The first kappa shape index (κ1) is 22.4. The Labute approximate surface area is 195 Å². The number of imide groups is 1. The van der Waals surface area contributed by atoms with E-state index in [9.17, 15) is 19.2 Å². The number of urea groups is 1. The molecule has 8 heteroatoms. The quantitative estimate of drug-likeness (QED) is 0.398. The average molecular weight is 462 g/mol. The molecule has 7 nitrogen and oxygen atoms in total. The standard InChI is InChI=1S/C25H23N3O4S/c1-17(29)26-15-20-12-13-22(33-20)21(30)16-28-23(31)25(27-24(28)32,19-10-6-3-7-11-19)14-18-8-4-2-5-9-18/h2-13H,14-16H2,1H3,(H,26,29)(H,27,32)/t25-/m1/s1. The Bertz CT molecular complexity index is 1190. The van der Waals surface area contributed by atoms with Crippen molar-refractivity contribution in [2.75, 3.05) is 6.54 Å². The van der Waals surface area contributed by atoms with Gasteiger partial charge in [0, 0.05) is 18.2 Å². The van der Waals surface area contributed by atoms with E-state index in [1.54, 1.807) is 24.3 Å². The van der Waals surface area contributed by atoms with Gasteiger partial charge in [-0.3, -0.25) is 19.3 Å². The van der Waals surface area contributed by atoms with Crippen LogP contribution in [0.2, 0.25) is 0 Å². The summed E-state index contributed by atoms with van der Waals surface area (Å²) in [6, 6.07) is 21.4. The Balaban J connectivity index is 1.58. The minimum Gasteiger partial charge on any atom is -0.351 e. The minimum absolute atomic E-state index is 0.161. The highest BCUT2D eigenvalue weighted by Gasteiger charge is 2.52. The highest BCUT2D eigenvalue weighted by Crippen LogP contribution is 2.33. The molecule has 0 bridgehead atoms. The Morgan fingerprint density at radius 3 is 2.30 bits per heavy atom. The van der Waals surface area contributed by atoms with E-state index in [4.69, 9.17) is 0 Å². The van der Waals surface area contributed by atoms with Gasteiger partial charge in [0.1, 0.15) is 0 Å². The van der Waals surface area contributed by atoms with Crippen LogP contribution in [0.1, 0.15) is 32.6 Å². The highest BCUT2D eigenvalue weighted by molar-refractivity contribution is 7.14. The molecular formula is C25H23N3O4S. The van der Waals surface area contributed by atoms with Gasteiger partial charge in [-0.25, -0.2) is 4.79 Å². The van der Waals surface area contributed by atoms with Crippen LogP contribution in [-0.2, 0) is 28.1 Å². The first-order valence-corrected chi connectivity index (χ1v) is 11.3. The van der Waals surface area contributed by atoms with Gasteiger partial charge in [0.2, 0.25) is 5.91 Å². The fraction of sp³-hybridized carbons (Fsp3) is 0.200. The van der Waals surface area contributed by atoms with E-state index in [1.807, 2.05) is 48.5 Å². The molecule has 1 fully saturated rings. The Morgan fingerprint density at radius 2 is 1.64 bits per heavy atom. The van der Waals surface area contributed by atoms with E-state index < -0.39 is 17.5 Å². The number of carbonyl (C=O) groups excluding carboxylic acids is 4. The van der Waals surface area contributed by atoms with Crippen LogP contribution >= 0.6 is 11.3 Å². The van der Waals surface area contributed by atoms with Crippen molar-refractivity contribution in [2.24, 2.45) is 0 Å². The zero-order valence-corrected chi connectivity index (χ0v) is 18.9. The summed E-state index contributed by atoms with van der Waals surface area (Å²) in [6.45, 7) is 1.39. The number of ketones is 1. The molecular weight excluding hydrogens is 438 g/mol. The smallest absolute Gasteiger partial charge is 0.325 e. The largest absolute Gasteiger partial charge is 0.351 e. The average Bonchev–Trinajstić information content (AvgIpc) is 3.38. The van der Waals surface area contributed by atoms with Gasteiger partial charge < -0.3 is 10.6 Å². The van der Waals surface area contributed by atoms with Gasteiger partial charge in [0.15, 0.2) is 11.3 Å². The summed E-state index contributed by atoms with van der Waals surface area (Å²) < 4.78 is 0. The van der Waals surface area contributed by atoms with Gasteiger partial charge in [-0.1, -0.05) is 60.7 Å². The highest BCUT2D eigenvalue weighted by atomic mass is 32.1. The Morgan fingerprint density at radius 1 is 0.970 bits per heavy atom. The fourth-order valence-corrected chi connectivity index (χ4v) is 4.75. The van der Waals surface area contributed by atoms with Crippen molar-refractivity contribution in [3.8, 4) is 0 Å². The fourth-order valence-electron chi connectivity index (χ4n) is 3.87. The zero-order chi connectivity index (χ0) is 23.4. The molecule has 0 saturated carbocycles. The van der Waals surface area contributed by atoms with Crippen LogP contribution in [0.15, 0.2) is 72.8 Å². The predicted octanol–water partition coefficient (Wildman–Crippen LogP) is 3.26. The Hall–Kier alpha value is -3.78. The molecule has 0 unspecified atom stereocenters. The van der Waals surface area contributed by atoms with Crippen LogP contribution < -0.4 is 10.6 Å². The van der Waals surface area contributed by atoms with Crippen LogP contribution in [0.5, 0.6) is 0 Å². The SMILES string of the molecule is CC(=O)NCc1ccc(C(=O)CN2C(=O)N[C@](Cc3ccccc3)(c3ccccc3)C2=O)s1. The topological polar surface area (TPSA) is 95.6 Å². The second-order valence-electron chi connectivity index (χ2n) is 7.85. The molecule has 2 N–H and O–H groups in total. The molecule has 1 atom stereocenters. The lowest BCUT2D eigenvalue weighted by Crippen LogP contribution is -2.46. The maximum Gasteiger partial charge on any atom is 0.325 e. The van der Waals surface area contributed by atoms with Crippen molar-refractivity contribution < 1.29 is 19.2 Å². The van der Waals surface area contributed by atoms with Gasteiger partial charge in [-0.2, -0.15) is 0 Å². The van der Waals surface area contributed by atoms with E-state index >= 15 is 0 Å². The molecule has 2 aromatic carbocycles. The van der Waals surface area contributed by atoms with E-state index in [2.05, 4.69) is 10.6 Å². The summed E-state index contributed by atoms with van der Waals surface area (Å²) >= 11 is 1.23. The molecule has 0 spiro atoms. The number of hydrogen-bond acceptors (Lipinski definition) is 5. The summed E-state index contributed by atoms with van der Waals surface area (Å²) in [7, 11) is 0. The number of carbonyl (C=O) groups is 4. The van der Waals surface area contributed by atoms with Gasteiger partial charge in [0.25, 0.3) is 5.91 Å². The molecule has 1 saturated heterocycles. The number of thiophene rings is 1. The third-order valence-corrected chi connectivity index (χ3v) is 6.63. The van der Waals surface area contributed by atoms with E-state index in [0.29, 0.717) is 17.0 Å². The second-order valence-corrected chi connectivity index (χ2v) is 9.02. The molecule has 0 aliphatic carbocycles. The molecule has 33 heavy (non-hydrogen) atoms. The van der Waals surface area contributed by atoms with Crippen molar-refractivity contribution in [3.63, 3.8) is 0 Å². The number of nitrogens with one attached hydrogen (secondary N) is 2. The number of nitrogens with zero attached hydrogens (tertiary/aromatic N) is 1. The van der Waals surface area contributed by atoms with Crippen molar-refractivity contribution >= 4 is 35.0 Å². The number of rotatable bonds is 8. The van der Waals surface area contributed by atoms with Crippen molar-refractivity contribution in [3.05, 3.63) is 93.7 Å². The van der Waals surface area contributed by atoms with Crippen LogP contribution in [0.3, 0.4) is 0 Å². The summed E-state index contributed by atoms with van der Waals surface area (Å²) in [5, 5.41) is 5.55. The third-order valence-electron chi connectivity index (χ3n) is 5.50. The first-order valence-electron chi connectivity index (χ1n) is 10.5. The van der Waals surface area contributed by atoms with E-state index in [1.165, 1.54) is 18.3 Å². The second kappa shape index (κ2) is 9.38. The van der Waals surface area contributed by atoms with Crippen molar-refractivity contribution in [1.82, 2.24) is 15.5 Å². The van der Waals surface area contributed by atoms with Crippen LogP contribution in [0, 0.1) is 0 Å². The number of hydrogen-bond donors (Lipinski definition) is 2. The Kier molecular flexibility index (Phi) is 6.37. The monoisotopic (exact) mass is 461 g/mol. The summed E-state index contributed by atoms with van der Waals surface area (Å²) in [6.07, 6.45) is 0.271. The lowest BCUT2D eigenvalue weighted by molar-refractivity contribution is -0.131. The molecule has 4 rings (SSSR count). The molecule has 2 heterocycles. The van der Waals surface area contributed by atoms with Crippen molar-refractivity contribution in [2.45, 2.75) is 25.4 Å². The maximum atomic E-state index is 13.6. The summed E-state index contributed by atoms with van der Waals surface area (Å²) in [5.41, 5.74) is 0.270. The van der Waals surface area contributed by atoms with Crippen molar-refractivity contribution in [1.29, 1.82) is 0 Å². The number of Topliss-reactive ketones (excluding diaryl/α,β-unsaturated/α-hetero) is 1. The molecule has 1 aliphatic heterocycles. The van der Waals surface area contributed by atoms with Gasteiger partial charge in [-0.05, 0) is 23.3 Å². The van der Waals surface area contributed by atoms with E-state index in [-0.39, 0.29) is 24.7 Å². The molecule has 4 amide bonds. The normalized spacial score (nSPS) is 17.7. The molecule has 3 aromatic rings. The number of amides is 4.